The number of nitriles is 1. The van der Waals surface area contributed by atoms with Crippen LogP contribution in [0.1, 0.15) is 29.1 Å². The molecule has 0 amide bonds. The maximum Gasteiger partial charge on any atom is 0.225 e. The Morgan fingerprint density at radius 3 is 2.55 bits per heavy atom. The summed E-state index contributed by atoms with van der Waals surface area (Å²) in [6.45, 7) is 3.27. The van der Waals surface area contributed by atoms with Crippen molar-refractivity contribution in [2.45, 2.75) is 18.1 Å². The Hall–Kier alpha value is -1.61. The van der Waals surface area contributed by atoms with Gasteiger partial charge >= 0.3 is 0 Å². The summed E-state index contributed by atoms with van der Waals surface area (Å²) in [4.78, 5) is 12.3. The Morgan fingerprint density at radius 2 is 2.05 bits per heavy atom. The molecule has 2 aromatic rings. The number of rotatable bonds is 4. The molecule has 1 unspecified atom stereocenters. The Balaban J connectivity index is 2.74. The van der Waals surface area contributed by atoms with Crippen LogP contribution in [0.15, 0.2) is 34.5 Å². The molecule has 0 saturated heterocycles. The van der Waals surface area contributed by atoms with Crippen molar-refractivity contribution in [1.82, 2.24) is 0 Å². The second-order valence-electron chi connectivity index (χ2n) is 4.14. The van der Waals surface area contributed by atoms with Gasteiger partial charge in [-0.2, -0.15) is 5.26 Å². The van der Waals surface area contributed by atoms with Crippen LogP contribution < -0.4 is 0 Å². The van der Waals surface area contributed by atoms with Gasteiger partial charge in [0.05, 0.1) is 4.88 Å². The van der Waals surface area contributed by atoms with Gasteiger partial charge < -0.3 is 4.55 Å². The first-order chi connectivity index (χ1) is 9.60. The van der Waals surface area contributed by atoms with Gasteiger partial charge in [-0.25, -0.2) is 0 Å². The van der Waals surface area contributed by atoms with Crippen LogP contribution >= 0.6 is 11.3 Å². The number of carbonyl (C=O) groups is 1. The molecule has 1 heterocycles. The second kappa shape index (κ2) is 6.23. The third-order valence-electron chi connectivity index (χ3n) is 2.84. The topological polar surface area (TPSA) is 63.9 Å². The first-order valence-electron chi connectivity index (χ1n) is 6.11. The van der Waals surface area contributed by atoms with Gasteiger partial charge in [0.25, 0.3) is 0 Å². The third kappa shape index (κ3) is 2.63. The number of carbonyl (C=O) groups excluding carboxylic acids is 1. The van der Waals surface area contributed by atoms with Crippen LogP contribution in [-0.2, 0) is 11.2 Å². The number of benzene rings is 1. The van der Waals surface area contributed by atoms with Crippen LogP contribution in [0.4, 0.5) is 0 Å². The highest BCUT2D eigenvalue weighted by Crippen LogP contribution is 2.39. The lowest BCUT2D eigenvalue weighted by Gasteiger charge is -2.05. The lowest BCUT2D eigenvalue weighted by molar-refractivity contribution is 0.102. The molecule has 3 nitrogen and oxygen atoms in total. The lowest BCUT2D eigenvalue weighted by Crippen LogP contribution is -2.03. The number of Topliss-reactive ketones (excluding diaryl/α,β-unsaturated/α-hetero) is 1. The van der Waals surface area contributed by atoms with E-state index in [-0.39, 0.29) is 5.78 Å². The Labute approximate surface area is 125 Å². The van der Waals surface area contributed by atoms with E-state index in [0.717, 1.165) is 5.56 Å². The molecular formula is C15H13NO2S2. The molecule has 5 heteroatoms. The van der Waals surface area contributed by atoms with E-state index in [0.29, 0.717) is 26.0 Å². The average molecular weight is 303 g/mol. The van der Waals surface area contributed by atoms with Crippen molar-refractivity contribution in [3.8, 4) is 17.2 Å². The van der Waals surface area contributed by atoms with Crippen LogP contribution in [-0.4, -0.2) is 16.1 Å². The van der Waals surface area contributed by atoms with Crippen LogP contribution in [0.25, 0.3) is 11.1 Å². The zero-order valence-corrected chi connectivity index (χ0v) is 12.8. The van der Waals surface area contributed by atoms with Gasteiger partial charge in [-0.1, -0.05) is 41.7 Å². The van der Waals surface area contributed by atoms with E-state index in [4.69, 9.17) is 0 Å². The smallest absolute Gasteiger partial charge is 0.225 e. The third-order valence-corrected chi connectivity index (χ3v) is 5.87. The molecule has 0 aliphatic rings. The molecule has 1 atom stereocenters. The normalized spacial score (nSPS) is 11.9. The van der Waals surface area contributed by atoms with Gasteiger partial charge in [0.1, 0.15) is 17.4 Å². The number of hydrogen-bond acceptors (Lipinski definition) is 4. The summed E-state index contributed by atoms with van der Waals surface area (Å²) in [6.07, 6.45) is 0. The molecule has 1 aromatic carbocycles. The maximum atomic E-state index is 12.1. The zero-order chi connectivity index (χ0) is 14.7. The van der Waals surface area contributed by atoms with Crippen molar-refractivity contribution in [3.05, 3.63) is 40.8 Å². The minimum absolute atomic E-state index is 0.107. The molecule has 0 N–H and O–H groups in total. The van der Waals surface area contributed by atoms with Gasteiger partial charge in [0, 0.05) is 5.56 Å². The van der Waals surface area contributed by atoms with Crippen LogP contribution in [0.3, 0.4) is 0 Å². The second-order valence-corrected chi connectivity index (χ2v) is 7.09. The molecule has 0 radical (unpaired) electrons. The predicted octanol–water partition coefficient (Wildman–Crippen LogP) is 3.62. The lowest BCUT2D eigenvalue weighted by atomic mass is 10.0. The first-order valence-corrected chi connectivity index (χ1v) is 8.25. The molecule has 0 saturated carbocycles. The number of ketones is 1. The van der Waals surface area contributed by atoms with Gasteiger partial charge in [-0.15, -0.1) is 0 Å². The van der Waals surface area contributed by atoms with E-state index in [2.05, 4.69) is 6.07 Å². The molecule has 0 spiro atoms. The molecule has 2 rings (SSSR count). The van der Waals surface area contributed by atoms with Crippen molar-refractivity contribution in [3.63, 3.8) is 0 Å². The van der Waals surface area contributed by atoms with Gasteiger partial charge in [-0.3, -0.25) is 4.79 Å². The zero-order valence-electron chi connectivity index (χ0n) is 11.2. The molecule has 102 valence electrons. The fourth-order valence-corrected chi connectivity index (χ4v) is 4.45. The Kier molecular flexibility index (Phi) is 4.61. The van der Waals surface area contributed by atoms with E-state index < -0.39 is 11.2 Å². The van der Waals surface area contributed by atoms with Crippen LogP contribution in [0.2, 0.25) is 0 Å². The maximum absolute atomic E-state index is 12.1. The summed E-state index contributed by atoms with van der Waals surface area (Å²) in [6, 6.07) is 11.4. The number of nitrogens with zero attached hydrogens (tertiary/aromatic N) is 1. The van der Waals surface area contributed by atoms with Gasteiger partial charge in [0.15, 0.2) is 5.78 Å². The summed E-state index contributed by atoms with van der Waals surface area (Å²) in [5.41, 5.74) is 1.79. The van der Waals surface area contributed by atoms with Crippen molar-refractivity contribution in [2.75, 3.05) is 5.75 Å². The summed E-state index contributed by atoms with van der Waals surface area (Å²) in [5, 5.41) is 9.41. The fraction of sp³-hybridized carbons (Fsp3) is 0.200. The van der Waals surface area contributed by atoms with Crippen molar-refractivity contribution < 1.29 is 9.35 Å². The van der Waals surface area contributed by atoms with Crippen molar-refractivity contribution in [1.29, 1.82) is 5.26 Å². The summed E-state index contributed by atoms with van der Waals surface area (Å²) in [5.74, 6) is 0.325. The summed E-state index contributed by atoms with van der Waals surface area (Å²) >= 11 is -0.0636. The largest absolute Gasteiger partial charge is 0.611 e. The number of hydrogen-bond donors (Lipinski definition) is 0. The first kappa shape index (κ1) is 14.8. The van der Waals surface area contributed by atoms with E-state index in [9.17, 15) is 14.6 Å². The fourth-order valence-electron chi connectivity index (χ4n) is 1.93. The Morgan fingerprint density at radius 1 is 1.40 bits per heavy atom. The molecular weight excluding hydrogens is 290 g/mol. The van der Waals surface area contributed by atoms with Crippen LogP contribution in [0, 0.1) is 11.3 Å². The average Bonchev–Trinajstić information content (AvgIpc) is 2.86. The highest BCUT2D eigenvalue weighted by atomic mass is 32.2. The molecule has 0 fully saturated rings. The Bertz CT molecular complexity index is 671. The predicted molar refractivity (Wildman–Crippen MR) is 81.4 cm³/mol. The van der Waals surface area contributed by atoms with Gasteiger partial charge in [-0.05, 0) is 30.6 Å². The van der Waals surface area contributed by atoms with E-state index in [1.807, 2.05) is 30.3 Å². The van der Waals surface area contributed by atoms with E-state index in [1.54, 1.807) is 6.92 Å². The molecule has 0 bridgehead atoms. The number of thiophene rings is 1. The van der Waals surface area contributed by atoms with Crippen molar-refractivity contribution in [2.24, 2.45) is 0 Å². The monoisotopic (exact) mass is 303 g/mol. The van der Waals surface area contributed by atoms with E-state index in [1.165, 1.54) is 18.3 Å². The highest BCUT2D eigenvalue weighted by Gasteiger charge is 2.28. The molecule has 0 aliphatic carbocycles. The molecule has 20 heavy (non-hydrogen) atoms. The van der Waals surface area contributed by atoms with Crippen LogP contribution in [0.5, 0.6) is 0 Å². The van der Waals surface area contributed by atoms with Gasteiger partial charge in [0.2, 0.25) is 4.21 Å². The molecule has 0 aliphatic heterocycles. The standard InChI is InChI=1S/C15H13NO2S2/c1-3-20(18)15-12(9-16)13(14(19-15)10(2)17)11-7-5-4-6-8-11/h4-8H,3H2,1-2H3. The summed E-state index contributed by atoms with van der Waals surface area (Å²) in [7, 11) is 0. The summed E-state index contributed by atoms with van der Waals surface area (Å²) < 4.78 is 12.6. The quantitative estimate of drug-likeness (QED) is 0.640. The molecule has 1 aromatic heterocycles. The van der Waals surface area contributed by atoms with E-state index >= 15 is 0 Å². The SMILES string of the molecule is CC[S+]([O-])c1sc(C(C)=O)c(-c2ccccc2)c1C#N. The minimum Gasteiger partial charge on any atom is -0.611 e. The minimum atomic E-state index is -1.24. The van der Waals surface area contributed by atoms with Crippen molar-refractivity contribution >= 4 is 28.3 Å². The highest BCUT2D eigenvalue weighted by molar-refractivity contribution is 7.93.